The molecule has 0 rings (SSSR count). The van der Waals surface area contributed by atoms with Crippen LogP contribution in [0.15, 0.2) is 0 Å². The van der Waals surface area contributed by atoms with Crippen molar-refractivity contribution in [3.63, 3.8) is 0 Å². The molecule has 0 saturated carbocycles. The van der Waals surface area contributed by atoms with Crippen LogP contribution in [0.25, 0.3) is 0 Å². The van der Waals surface area contributed by atoms with Crippen LogP contribution in [0.3, 0.4) is 0 Å². The lowest BCUT2D eigenvalue weighted by Gasteiger charge is -2.20. The molecule has 0 bridgehead atoms. The predicted molar refractivity (Wildman–Crippen MR) is 153 cm³/mol. The number of carbonyl (C=O) groups is 3. The molecule has 40 heavy (non-hydrogen) atoms. The van der Waals surface area contributed by atoms with Crippen LogP contribution in [0.2, 0.25) is 0 Å². The lowest BCUT2D eigenvalue weighted by Crippen LogP contribution is -2.34. The Morgan fingerprint density at radius 3 is 1.57 bits per heavy atom. The first-order valence-corrected chi connectivity index (χ1v) is 16.6. The Bertz CT molecular complexity index is 721. The first kappa shape index (κ1) is 38.5. The van der Waals surface area contributed by atoms with Crippen molar-refractivity contribution in [1.82, 2.24) is 0 Å². The summed E-state index contributed by atoms with van der Waals surface area (Å²) in [7, 11) is -4.68. The Balaban J connectivity index is 4.51. The summed E-state index contributed by atoms with van der Waals surface area (Å²) in [5.74, 6) is -2.39. The Labute approximate surface area is 240 Å². The minimum atomic E-state index is -4.68. The van der Waals surface area contributed by atoms with Gasteiger partial charge in [0.25, 0.3) is 0 Å². The van der Waals surface area contributed by atoms with E-state index in [0.717, 1.165) is 44.9 Å². The van der Waals surface area contributed by atoms with Crippen molar-refractivity contribution >= 4 is 25.7 Å². The van der Waals surface area contributed by atoms with Crippen molar-refractivity contribution in [2.24, 2.45) is 5.73 Å². The van der Waals surface area contributed by atoms with Gasteiger partial charge in [-0.25, -0.2) is 4.57 Å². The Kier molecular flexibility index (Phi) is 24.3. The average molecular weight is 596 g/mol. The number of carbonyl (C=O) groups excluding carboxylic acids is 2. The van der Waals surface area contributed by atoms with Gasteiger partial charge in [0.15, 0.2) is 6.10 Å². The van der Waals surface area contributed by atoms with E-state index in [1.54, 1.807) is 0 Å². The minimum absolute atomic E-state index is 0.166. The van der Waals surface area contributed by atoms with Gasteiger partial charge in [-0.2, -0.15) is 0 Å². The molecular weight excluding hydrogens is 541 g/mol. The summed E-state index contributed by atoms with van der Waals surface area (Å²) < 4.78 is 32.1. The fourth-order valence-corrected chi connectivity index (χ4v) is 4.66. The van der Waals surface area contributed by atoms with Crippen molar-refractivity contribution < 1.29 is 47.5 Å². The second-order valence-corrected chi connectivity index (χ2v) is 11.7. The molecule has 0 fully saturated rings. The zero-order valence-corrected chi connectivity index (χ0v) is 25.6. The van der Waals surface area contributed by atoms with Crippen molar-refractivity contribution in [2.75, 3.05) is 19.8 Å². The van der Waals surface area contributed by atoms with E-state index in [-0.39, 0.29) is 19.4 Å². The van der Waals surface area contributed by atoms with E-state index in [2.05, 4.69) is 18.4 Å². The Morgan fingerprint density at radius 2 is 1.10 bits per heavy atom. The number of unbranched alkanes of at least 4 members (excludes halogenated alkanes) is 14. The summed E-state index contributed by atoms with van der Waals surface area (Å²) in [6.45, 7) is 2.64. The molecule has 0 aliphatic rings. The number of carboxylic acid groups (broad SMARTS) is 1. The van der Waals surface area contributed by atoms with Crippen LogP contribution in [-0.4, -0.2) is 59.9 Å². The first-order chi connectivity index (χ1) is 19.1. The zero-order valence-electron chi connectivity index (χ0n) is 24.7. The average Bonchev–Trinajstić information content (AvgIpc) is 2.91. The molecule has 0 aromatic rings. The summed E-state index contributed by atoms with van der Waals surface area (Å²) in [6.07, 6.45) is 16.7. The highest BCUT2D eigenvalue weighted by Crippen LogP contribution is 2.43. The topological polar surface area (TPSA) is 172 Å². The van der Waals surface area contributed by atoms with Crippen LogP contribution in [0.1, 0.15) is 129 Å². The van der Waals surface area contributed by atoms with Gasteiger partial charge in [-0.1, -0.05) is 104 Å². The second kappa shape index (κ2) is 25.2. The molecule has 0 aromatic carbocycles. The van der Waals surface area contributed by atoms with Crippen molar-refractivity contribution in [3.8, 4) is 0 Å². The minimum Gasteiger partial charge on any atom is -0.480 e. The number of carboxylic acids is 1. The number of rotatable bonds is 28. The van der Waals surface area contributed by atoms with Crippen molar-refractivity contribution in [2.45, 2.75) is 142 Å². The molecule has 11 nitrogen and oxygen atoms in total. The number of phosphoric acid groups is 1. The van der Waals surface area contributed by atoms with Gasteiger partial charge >= 0.3 is 25.7 Å². The standard InChI is InChI=1S/C28H54NO10P/c1-3-5-7-9-10-11-12-13-14-16-18-20-27(31)39-24(21-36-26(30)19-17-15-8-6-4-2)22-37-40(34,35)38-23-25(29)28(32)33/h24-25H,3-23,29H2,1-2H3,(H,32,33)(H,34,35). The normalized spacial score (nSPS) is 14.3. The maximum absolute atomic E-state index is 12.4. The van der Waals surface area contributed by atoms with Gasteiger partial charge in [0, 0.05) is 12.8 Å². The monoisotopic (exact) mass is 595 g/mol. The van der Waals surface area contributed by atoms with E-state index in [1.807, 2.05) is 0 Å². The van der Waals surface area contributed by atoms with Gasteiger partial charge in [0.1, 0.15) is 12.6 Å². The number of nitrogens with two attached hydrogens (primary N) is 1. The van der Waals surface area contributed by atoms with E-state index in [9.17, 15) is 23.8 Å². The molecule has 0 aliphatic heterocycles. The van der Waals surface area contributed by atoms with Gasteiger partial charge in [-0.05, 0) is 12.8 Å². The summed E-state index contributed by atoms with van der Waals surface area (Å²) in [4.78, 5) is 45.1. The van der Waals surface area contributed by atoms with Crippen LogP contribution in [0.4, 0.5) is 0 Å². The van der Waals surface area contributed by atoms with Crippen LogP contribution in [0, 0.1) is 0 Å². The fourth-order valence-electron chi connectivity index (χ4n) is 3.89. The summed E-state index contributed by atoms with van der Waals surface area (Å²) in [5, 5.41) is 8.78. The second-order valence-electron chi connectivity index (χ2n) is 10.2. The third-order valence-corrected chi connectivity index (χ3v) is 7.31. The lowest BCUT2D eigenvalue weighted by molar-refractivity contribution is -0.161. The third-order valence-electron chi connectivity index (χ3n) is 6.36. The molecule has 0 radical (unpaired) electrons. The zero-order chi connectivity index (χ0) is 30.1. The maximum atomic E-state index is 12.4. The van der Waals surface area contributed by atoms with Gasteiger partial charge in [0.2, 0.25) is 0 Å². The number of ether oxygens (including phenoxy) is 2. The maximum Gasteiger partial charge on any atom is 0.472 e. The number of aliphatic carboxylic acids is 1. The molecule has 3 unspecified atom stereocenters. The van der Waals surface area contributed by atoms with Gasteiger partial charge < -0.3 is 25.2 Å². The van der Waals surface area contributed by atoms with Crippen LogP contribution >= 0.6 is 7.82 Å². The summed E-state index contributed by atoms with van der Waals surface area (Å²) >= 11 is 0. The summed E-state index contributed by atoms with van der Waals surface area (Å²) in [6, 6.07) is -1.51. The molecule has 0 spiro atoms. The van der Waals surface area contributed by atoms with E-state index >= 15 is 0 Å². The van der Waals surface area contributed by atoms with E-state index in [1.165, 1.54) is 44.9 Å². The van der Waals surface area contributed by atoms with E-state index in [4.69, 9.17) is 24.8 Å². The van der Waals surface area contributed by atoms with Gasteiger partial charge in [0.05, 0.1) is 13.2 Å². The quantitative estimate of drug-likeness (QED) is 0.0546. The third kappa shape index (κ3) is 24.3. The highest BCUT2D eigenvalue weighted by atomic mass is 31.2. The summed E-state index contributed by atoms with van der Waals surface area (Å²) in [5.41, 5.74) is 5.27. The van der Waals surface area contributed by atoms with Gasteiger partial charge in [-0.15, -0.1) is 0 Å². The molecule has 0 amide bonds. The number of phosphoric ester groups is 1. The number of hydrogen-bond donors (Lipinski definition) is 3. The highest BCUT2D eigenvalue weighted by molar-refractivity contribution is 7.47. The van der Waals surface area contributed by atoms with Crippen LogP contribution in [-0.2, 0) is 37.5 Å². The van der Waals surface area contributed by atoms with Gasteiger partial charge in [-0.3, -0.25) is 23.4 Å². The number of hydrogen-bond acceptors (Lipinski definition) is 9. The molecule has 12 heteroatoms. The smallest absolute Gasteiger partial charge is 0.472 e. The Morgan fingerprint density at radius 1 is 0.675 bits per heavy atom. The van der Waals surface area contributed by atoms with Crippen molar-refractivity contribution in [1.29, 1.82) is 0 Å². The predicted octanol–water partition coefficient (Wildman–Crippen LogP) is 6.05. The SMILES string of the molecule is CCCCCCCCCCCCCC(=O)OC(COC(=O)CCCCCCC)COP(=O)(O)OCC(N)C(=O)O. The fraction of sp³-hybridized carbons (Fsp3) is 0.893. The molecule has 236 valence electrons. The van der Waals surface area contributed by atoms with E-state index < -0.39 is 51.1 Å². The lowest BCUT2D eigenvalue weighted by atomic mass is 10.1. The highest BCUT2D eigenvalue weighted by Gasteiger charge is 2.28. The Hall–Kier alpha value is -1.52. The van der Waals surface area contributed by atoms with E-state index in [0.29, 0.717) is 12.8 Å². The molecule has 0 heterocycles. The van der Waals surface area contributed by atoms with Crippen molar-refractivity contribution in [3.05, 3.63) is 0 Å². The molecule has 0 aromatic heterocycles. The molecular formula is C28H54NO10P. The number of esters is 2. The molecule has 0 aliphatic carbocycles. The largest absolute Gasteiger partial charge is 0.480 e. The first-order valence-electron chi connectivity index (χ1n) is 15.1. The molecule has 4 N–H and O–H groups in total. The van der Waals surface area contributed by atoms with Crippen LogP contribution in [0.5, 0.6) is 0 Å². The molecule has 3 atom stereocenters. The van der Waals surface area contributed by atoms with Crippen LogP contribution < -0.4 is 5.73 Å². The molecule has 0 saturated heterocycles.